The topological polar surface area (TPSA) is 20.2 Å². The van der Waals surface area contributed by atoms with E-state index in [9.17, 15) is 5.11 Å². The van der Waals surface area contributed by atoms with Crippen molar-refractivity contribution in [3.8, 4) is 0 Å². The van der Waals surface area contributed by atoms with Gasteiger partial charge in [-0.2, -0.15) is 0 Å². The second kappa shape index (κ2) is 15.8. The molecule has 0 aliphatic rings. The summed E-state index contributed by atoms with van der Waals surface area (Å²) in [5.74, 6) is 0. The van der Waals surface area contributed by atoms with Crippen LogP contribution in [0.15, 0.2) is 12.7 Å². The van der Waals surface area contributed by atoms with Crippen LogP contribution in [0.5, 0.6) is 0 Å². The fourth-order valence-corrected chi connectivity index (χ4v) is 2.50. The van der Waals surface area contributed by atoms with Crippen molar-refractivity contribution < 1.29 is 5.11 Å². The first-order chi connectivity index (χ1) is 9.31. The molecule has 1 unspecified atom stereocenters. The molecule has 1 nitrogen and oxygen atoms in total. The fourth-order valence-electron chi connectivity index (χ4n) is 2.50. The van der Waals surface area contributed by atoms with Gasteiger partial charge in [0, 0.05) is 0 Å². The Bertz CT molecular complexity index is 177. The molecule has 0 aliphatic heterocycles. The minimum Gasteiger partial charge on any atom is -0.393 e. The number of hydrogen-bond donors (Lipinski definition) is 1. The quantitative estimate of drug-likeness (QED) is 0.284. The molecular formula is C18H36O. The maximum atomic E-state index is 9.86. The highest BCUT2D eigenvalue weighted by Gasteiger charge is 2.03. The molecule has 1 heteroatoms. The van der Waals surface area contributed by atoms with Gasteiger partial charge in [-0.15, -0.1) is 6.58 Å². The smallest absolute Gasteiger partial charge is 0.0540 e. The molecule has 0 saturated carbocycles. The highest BCUT2D eigenvalue weighted by Crippen LogP contribution is 2.13. The van der Waals surface area contributed by atoms with Crippen LogP contribution in [0, 0.1) is 0 Å². The summed E-state index contributed by atoms with van der Waals surface area (Å²) >= 11 is 0. The van der Waals surface area contributed by atoms with Gasteiger partial charge in [-0.25, -0.2) is 0 Å². The van der Waals surface area contributed by atoms with Crippen molar-refractivity contribution in [2.45, 2.75) is 103 Å². The van der Waals surface area contributed by atoms with Gasteiger partial charge in [-0.05, 0) is 25.7 Å². The highest BCUT2D eigenvalue weighted by molar-refractivity contribution is 4.66. The van der Waals surface area contributed by atoms with Crippen molar-refractivity contribution in [1.82, 2.24) is 0 Å². The molecule has 0 rings (SSSR count). The van der Waals surface area contributed by atoms with Gasteiger partial charge in [0.15, 0.2) is 0 Å². The van der Waals surface area contributed by atoms with Gasteiger partial charge in [0.25, 0.3) is 0 Å². The SMILES string of the molecule is C=CCCCCCC(O)CCCCCCCCCC. The van der Waals surface area contributed by atoms with Gasteiger partial charge in [0.05, 0.1) is 6.10 Å². The van der Waals surface area contributed by atoms with E-state index in [1.807, 2.05) is 6.08 Å². The molecule has 0 heterocycles. The van der Waals surface area contributed by atoms with Crippen LogP contribution < -0.4 is 0 Å². The molecule has 0 radical (unpaired) electrons. The van der Waals surface area contributed by atoms with E-state index in [4.69, 9.17) is 0 Å². The summed E-state index contributed by atoms with van der Waals surface area (Å²) in [6.07, 6.45) is 19.5. The van der Waals surface area contributed by atoms with E-state index < -0.39 is 0 Å². The normalized spacial score (nSPS) is 12.5. The first-order valence-electron chi connectivity index (χ1n) is 8.60. The maximum absolute atomic E-state index is 9.86. The molecule has 0 aromatic rings. The van der Waals surface area contributed by atoms with E-state index in [1.54, 1.807) is 0 Å². The average Bonchev–Trinajstić information content (AvgIpc) is 2.41. The van der Waals surface area contributed by atoms with E-state index in [0.717, 1.165) is 19.3 Å². The first kappa shape index (κ1) is 18.7. The molecule has 0 amide bonds. The Kier molecular flexibility index (Phi) is 15.5. The molecule has 0 aromatic heterocycles. The van der Waals surface area contributed by atoms with E-state index >= 15 is 0 Å². The number of hydrogen-bond acceptors (Lipinski definition) is 1. The van der Waals surface area contributed by atoms with Crippen LogP contribution in [0.4, 0.5) is 0 Å². The zero-order valence-corrected chi connectivity index (χ0v) is 13.2. The Balaban J connectivity index is 3.11. The monoisotopic (exact) mass is 268 g/mol. The Hall–Kier alpha value is -0.300. The first-order valence-corrected chi connectivity index (χ1v) is 8.60. The molecule has 19 heavy (non-hydrogen) atoms. The fraction of sp³-hybridized carbons (Fsp3) is 0.889. The molecule has 1 atom stereocenters. The van der Waals surface area contributed by atoms with Crippen LogP contribution in [0.2, 0.25) is 0 Å². The lowest BCUT2D eigenvalue weighted by Gasteiger charge is -2.10. The molecular weight excluding hydrogens is 232 g/mol. The van der Waals surface area contributed by atoms with E-state index in [0.29, 0.717) is 0 Å². The van der Waals surface area contributed by atoms with Gasteiger partial charge >= 0.3 is 0 Å². The number of aliphatic hydroxyl groups excluding tert-OH is 1. The largest absolute Gasteiger partial charge is 0.393 e. The summed E-state index contributed by atoms with van der Waals surface area (Å²) in [5.41, 5.74) is 0. The van der Waals surface area contributed by atoms with Gasteiger partial charge in [0.2, 0.25) is 0 Å². The average molecular weight is 268 g/mol. The summed E-state index contributed by atoms with van der Waals surface area (Å²) in [7, 11) is 0. The minimum absolute atomic E-state index is 0.0520. The molecule has 1 N–H and O–H groups in total. The van der Waals surface area contributed by atoms with Crippen molar-refractivity contribution in [2.24, 2.45) is 0 Å². The molecule has 0 aromatic carbocycles. The molecule has 0 saturated heterocycles. The van der Waals surface area contributed by atoms with E-state index in [-0.39, 0.29) is 6.10 Å². The van der Waals surface area contributed by atoms with Crippen molar-refractivity contribution in [3.63, 3.8) is 0 Å². The van der Waals surface area contributed by atoms with Crippen LogP contribution in [-0.2, 0) is 0 Å². The van der Waals surface area contributed by atoms with Crippen LogP contribution >= 0.6 is 0 Å². The molecule has 0 fully saturated rings. The highest BCUT2D eigenvalue weighted by atomic mass is 16.3. The molecule has 0 spiro atoms. The second-order valence-electron chi connectivity index (χ2n) is 5.84. The molecule has 0 bridgehead atoms. The van der Waals surface area contributed by atoms with Gasteiger partial charge < -0.3 is 5.11 Å². The third-order valence-corrected chi connectivity index (χ3v) is 3.84. The number of rotatable bonds is 15. The van der Waals surface area contributed by atoms with Gasteiger partial charge in [-0.3, -0.25) is 0 Å². The lowest BCUT2D eigenvalue weighted by molar-refractivity contribution is 0.147. The lowest BCUT2D eigenvalue weighted by Crippen LogP contribution is -2.05. The number of allylic oxidation sites excluding steroid dienone is 1. The Morgan fingerprint density at radius 3 is 1.79 bits per heavy atom. The van der Waals surface area contributed by atoms with Crippen LogP contribution in [0.3, 0.4) is 0 Å². The number of aliphatic hydroxyl groups is 1. The Labute approximate surface area is 121 Å². The summed E-state index contributed by atoms with van der Waals surface area (Å²) in [4.78, 5) is 0. The zero-order chi connectivity index (χ0) is 14.2. The molecule has 114 valence electrons. The van der Waals surface area contributed by atoms with Crippen LogP contribution in [-0.4, -0.2) is 11.2 Å². The second-order valence-corrected chi connectivity index (χ2v) is 5.84. The summed E-state index contributed by atoms with van der Waals surface area (Å²) in [6, 6.07) is 0. The van der Waals surface area contributed by atoms with E-state index in [1.165, 1.54) is 70.6 Å². The van der Waals surface area contributed by atoms with Crippen LogP contribution in [0.25, 0.3) is 0 Å². The van der Waals surface area contributed by atoms with Crippen molar-refractivity contribution in [2.75, 3.05) is 0 Å². The van der Waals surface area contributed by atoms with Crippen LogP contribution in [0.1, 0.15) is 96.8 Å². The lowest BCUT2D eigenvalue weighted by atomic mass is 10.0. The third kappa shape index (κ3) is 15.6. The standard InChI is InChI=1S/C18H36O/c1-3-5-7-9-10-11-13-15-17-18(19)16-14-12-8-6-4-2/h4,18-19H,2-3,5-17H2,1H3. The summed E-state index contributed by atoms with van der Waals surface area (Å²) in [5, 5.41) is 9.86. The van der Waals surface area contributed by atoms with Crippen molar-refractivity contribution >= 4 is 0 Å². The van der Waals surface area contributed by atoms with Crippen molar-refractivity contribution in [1.29, 1.82) is 0 Å². The predicted molar refractivity (Wildman–Crippen MR) is 86.5 cm³/mol. The Morgan fingerprint density at radius 2 is 1.26 bits per heavy atom. The number of unbranched alkanes of at least 4 members (excludes halogenated alkanes) is 10. The third-order valence-electron chi connectivity index (χ3n) is 3.84. The maximum Gasteiger partial charge on any atom is 0.0540 e. The zero-order valence-electron chi connectivity index (χ0n) is 13.2. The van der Waals surface area contributed by atoms with Gasteiger partial charge in [0.1, 0.15) is 0 Å². The Morgan fingerprint density at radius 1 is 0.789 bits per heavy atom. The minimum atomic E-state index is -0.0520. The van der Waals surface area contributed by atoms with E-state index in [2.05, 4.69) is 13.5 Å². The predicted octanol–water partition coefficient (Wildman–Crippen LogP) is 6.01. The van der Waals surface area contributed by atoms with Gasteiger partial charge in [-0.1, -0.05) is 77.2 Å². The van der Waals surface area contributed by atoms with Crippen molar-refractivity contribution in [3.05, 3.63) is 12.7 Å². The molecule has 0 aliphatic carbocycles. The summed E-state index contributed by atoms with van der Waals surface area (Å²) < 4.78 is 0. The summed E-state index contributed by atoms with van der Waals surface area (Å²) in [6.45, 7) is 5.99.